The molecular formula is C13H26O6. The van der Waals surface area contributed by atoms with Crippen molar-refractivity contribution in [3.63, 3.8) is 0 Å². The summed E-state index contributed by atoms with van der Waals surface area (Å²) in [7, 11) is 0. The maximum Gasteiger partial charge on any atom is 0.157 e. The molecule has 6 nitrogen and oxygen atoms in total. The highest BCUT2D eigenvalue weighted by molar-refractivity contribution is 5.59. The predicted octanol–water partition coefficient (Wildman–Crippen LogP) is 1.31. The molecule has 0 spiro atoms. The molecule has 0 aromatic rings. The number of carbonyl (C=O) groups excluding carboxylic acids is 1. The van der Waals surface area contributed by atoms with Gasteiger partial charge in [-0.2, -0.15) is 0 Å². The Balaban J connectivity index is 3.94. The predicted molar refractivity (Wildman–Crippen MR) is 69.4 cm³/mol. The van der Waals surface area contributed by atoms with Crippen molar-refractivity contribution in [1.29, 1.82) is 0 Å². The first-order valence-corrected chi connectivity index (χ1v) is 6.40. The van der Waals surface area contributed by atoms with Gasteiger partial charge in [-0.1, -0.05) is 0 Å². The Kier molecular flexibility index (Phi) is 9.12. The van der Waals surface area contributed by atoms with Crippen LogP contribution < -0.4 is 0 Å². The van der Waals surface area contributed by atoms with Gasteiger partial charge in [-0.05, 0) is 34.6 Å². The van der Waals surface area contributed by atoms with Gasteiger partial charge in [0.2, 0.25) is 0 Å². The van der Waals surface area contributed by atoms with Gasteiger partial charge in [0.05, 0.1) is 24.7 Å². The van der Waals surface area contributed by atoms with E-state index in [0.717, 1.165) is 6.29 Å². The number of carbonyl (C=O) groups is 1. The first kappa shape index (κ1) is 18.5. The summed E-state index contributed by atoms with van der Waals surface area (Å²) in [5.74, 6) is 0. The number of aliphatic hydroxyl groups is 1. The van der Waals surface area contributed by atoms with Crippen molar-refractivity contribution in [1.82, 2.24) is 0 Å². The van der Waals surface area contributed by atoms with E-state index in [1.54, 1.807) is 13.8 Å². The summed E-state index contributed by atoms with van der Waals surface area (Å²) >= 11 is 0. The van der Waals surface area contributed by atoms with Gasteiger partial charge in [-0.3, -0.25) is 0 Å². The van der Waals surface area contributed by atoms with E-state index < -0.39 is 18.0 Å². The summed E-state index contributed by atoms with van der Waals surface area (Å²) in [6.07, 6.45) is -0.545. The van der Waals surface area contributed by atoms with E-state index in [1.807, 2.05) is 13.8 Å². The molecule has 0 saturated carbocycles. The smallest absolute Gasteiger partial charge is 0.157 e. The van der Waals surface area contributed by atoms with Crippen molar-refractivity contribution in [2.24, 2.45) is 5.41 Å². The van der Waals surface area contributed by atoms with Crippen molar-refractivity contribution < 1.29 is 28.8 Å². The summed E-state index contributed by atoms with van der Waals surface area (Å²) in [4.78, 5) is 11.0. The Morgan fingerprint density at radius 2 is 1.63 bits per heavy atom. The quantitative estimate of drug-likeness (QED) is 0.454. The Bertz CT molecular complexity index is 243. The molecule has 0 aromatic carbocycles. The third-order valence-electron chi connectivity index (χ3n) is 2.29. The Morgan fingerprint density at radius 1 is 1.05 bits per heavy atom. The minimum absolute atomic E-state index is 0.0867. The fourth-order valence-electron chi connectivity index (χ4n) is 1.05. The number of ether oxygens (including phenoxy) is 4. The van der Waals surface area contributed by atoms with Gasteiger partial charge in [0.25, 0.3) is 0 Å². The van der Waals surface area contributed by atoms with Crippen LogP contribution in [-0.2, 0) is 23.7 Å². The van der Waals surface area contributed by atoms with Crippen LogP contribution in [0.3, 0.4) is 0 Å². The fraction of sp³-hybridized carbons (Fsp3) is 0.923. The van der Waals surface area contributed by atoms with Crippen molar-refractivity contribution in [2.75, 3.05) is 20.0 Å². The lowest BCUT2D eigenvalue weighted by Gasteiger charge is -2.25. The van der Waals surface area contributed by atoms with Crippen molar-refractivity contribution >= 4 is 6.29 Å². The molecule has 0 aliphatic rings. The van der Waals surface area contributed by atoms with E-state index in [9.17, 15) is 4.79 Å². The van der Waals surface area contributed by atoms with Gasteiger partial charge >= 0.3 is 0 Å². The van der Waals surface area contributed by atoms with Gasteiger partial charge in [-0.15, -0.1) is 0 Å². The van der Waals surface area contributed by atoms with Crippen molar-refractivity contribution in [3.05, 3.63) is 0 Å². The number of hydrogen-bond donors (Lipinski definition) is 1. The van der Waals surface area contributed by atoms with E-state index in [0.29, 0.717) is 0 Å². The largest absolute Gasteiger partial charge is 0.368 e. The highest BCUT2D eigenvalue weighted by Crippen LogP contribution is 2.16. The highest BCUT2D eigenvalue weighted by Gasteiger charge is 2.26. The maximum absolute atomic E-state index is 11.0. The summed E-state index contributed by atoms with van der Waals surface area (Å²) in [5, 5.41) is 9.04. The normalized spacial score (nSPS) is 18.1. The molecule has 3 atom stereocenters. The van der Waals surface area contributed by atoms with Crippen LogP contribution in [0.4, 0.5) is 0 Å². The molecule has 0 radical (unpaired) electrons. The van der Waals surface area contributed by atoms with E-state index >= 15 is 0 Å². The fourth-order valence-corrected chi connectivity index (χ4v) is 1.05. The van der Waals surface area contributed by atoms with Gasteiger partial charge in [0.1, 0.15) is 13.1 Å². The average molecular weight is 278 g/mol. The maximum atomic E-state index is 11.0. The second-order valence-corrected chi connectivity index (χ2v) is 5.06. The van der Waals surface area contributed by atoms with E-state index in [2.05, 4.69) is 0 Å². The Morgan fingerprint density at radius 3 is 2.11 bits per heavy atom. The van der Waals surface area contributed by atoms with Crippen molar-refractivity contribution in [2.45, 2.75) is 53.3 Å². The molecule has 0 aromatic heterocycles. The first-order valence-electron chi connectivity index (χ1n) is 6.40. The molecule has 114 valence electrons. The second kappa shape index (κ2) is 9.39. The van der Waals surface area contributed by atoms with Crippen LogP contribution in [0.2, 0.25) is 0 Å². The number of aliphatic hydroxyl groups excluding tert-OH is 1. The summed E-state index contributed by atoms with van der Waals surface area (Å²) in [6.45, 7) is 9.10. The molecule has 6 heteroatoms. The molecular weight excluding hydrogens is 252 g/mol. The van der Waals surface area contributed by atoms with Crippen LogP contribution in [0, 0.1) is 5.41 Å². The molecule has 19 heavy (non-hydrogen) atoms. The van der Waals surface area contributed by atoms with Crippen LogP contribution in [-0.4, -0.2) is 50.1 Å². The first-order chi connectivity index (χ1) is 8.79. The molecule has 0 rings (SSSR count). The third-order valence-corrected chi connectivity index (χ3v) is 2.29. The van der Waals surface area contributed by atoms with Gasteiger partial charge in [0.15, 0.2) is 12.6 Å². The molecule has 0 aliphatic heterocycles. The Hall–Kier alpha value is -0.530. The summed E-state index contributed by atoms with van der Waals surface area (Å²) in [6, 6.07) is 0. The van der Waals surface area contributed by atoms with Crippen LogP contribution in [0.5, 0.6) is 0 Å². The zero-order valence-corrected chi connectivity index (χ0v) is 12.4. The third kappa shape index (κ3) is 9.98. The van der Waals surface area contributed by atoms with Crippen molar-refractivity contribution in [3.8, 4) is 0 Å². The lowest BCUT2D eigenvalue weighted by atomic mass is 9.95. The summed E-state index contributed by atoms with van der Waals surface area (Å²) in [5.41, 5.74) is -0.812. The molecule has 0 amide bonds. The molecule has 1 N–H and O–H groups in total. The highest BCUT2D eigenvalue weighted by atomic mass is 16.7. The lowest BCUT2D eigenvalue weighted by Crippen LogP contribution is -2.34. The van der Waals surface area contributed by atoms with E-state index in [4.69, 9.17) is 24.1 Å². The van der Waals surface area contributed by atoms with E-state index in [-0.39, 0.29) is 26.1 Å². The molecule has 3 unspecified atom stereocenters. The van der Waals surface area contributed by atoms with Gasteiger partial charge in [-0.25, -0.2) is 0 Å². The minimum atomic E-state index is -0.910. The van der Waals surface area contributed by atoms with Crippen LogP contribution >= 0.6 is 0 Å². The minimum Gasteiger partial charge on any atom is -0.368 e. The van der Waals surface area contributed by atoms with Gasteiger partial charge < -0.3 is 28.8 Å². The van der Waals surface area contributed by atoms with Crippen LogP contribution in [0.15, 0.2) is 0 Å². The van der Waals surface area contributed by atoms with Gasteiger partial charge in [0, 0.05) is 0 Å². The van der Waals surface area contributed by atoms with E-state index in [1.165, 1.54) is 6.92 Å². The molecule has 0 bridgehead atoms. The van der Waals surface area contributed by atoms with Crippen LogP contribution in [0.1, 0.15) is 34.6 Å². The molecule has 0 saturated heterocycles. The SMILES string of the molecule is CC(C)OCOC(C)OCC(C)(C=O)COC(C)O. The topological polar surface area (TPSA) is 74.2 Å². The monoisotopic (exact) mass is 278 g/mol. The standard InChI is InChI=1S/C13H26O6/c1-10(2)18-9-19-12(4)17-8-13(5,6-14)7-16-11(3)15/h6,10-12,15H,7-9H2,1-5H3. The number of rotatable bonds is 11. The second-order valence-electron chi connectivity index (χ2n) is 5.06. The zero-order chi connectivity index (χ0) is 14.9. The Labute approximate surface area is 115 Å². The number of aldehydes is 1. The molecule has 0 aliphatic carbocycles. The molecule has 0 heterocycles. The van der Waals surface area contributed by atoms with Crippen LogP contribution in [0.25, 0.3) is 0 Å². The summed E-state index contributed by atoms with van der Waals surface area (Å²) < 4.78 is 20.9. The zero-order valence-electron chi connectivity index (χ0n) is 12.4. The lowest BCUT2D eigenvalue weighted by molar-refractivity contribution is -0.208. The number of hydrogen-bond acceptors (Lipinski definition) is 6. The molecule has 0 fully saturated rings. The average Bonchev–Trinajstić information content (AvgIpc) is 2.33.